The molecule has 536 valence electrons. The molecular formula is C77H112F3NO15. The van der Waals surface area contributed by atoms with Gasteiger partial charge in [-0.3, -0.25) is 14.4 Å². The molecule has 10 N–H and O–H groups in total. The zero-order valence-corrected chi connectivity index (χ0v) is 57.0. The SMILES string of the molecule is CC(C)OC(=O)CCC/C=C\C[C@@H]1[C@@H](/C=C/[C@@H](O)COc2cccc(C(F)(F)F)c2)[C@H](O)C[C@@H]1O.CC(C)OC(=O)CCC/C=C\C[C@@H]1[C@@H](CC[C@@H](O)CCc2ccccc2)[C@H](O)C[C@@H]1O.CCNC(=O)CCC/C=C\C[C@@H]1[C@@H](/C=C/[C@@H](O)CCc2ccccc2)[C@H](O)C[C@@H]1O. The largest absolute Gasteiger partial charge is 0.491 e. The molecule has 0 radical (unpaired) electrons. The van der Waals surface area contributed by atoms with Crippen molar-refractivity contribution < 1.29 is 87.7 Å². The molecule has 3 aromatic rings. The van der Waals surface area contributed by atoms with E-state index in [1.807, 2.05) is 106 Å². The van der Waals surface area contributed by atoms with Crippen LogP contribution in [0.5, 0.6) is 5.75 Å². The number of nitrogens with one attached hydrogen (secondary N) is 1. The smallest absolute Gasteiger partial charge is 0.416 e. The second-order valence-electron chi connectivity index (χ2n) is 26.3. The number of halogens is 3. The maximum absolute atomic E-state index is 12.8. The van der Waals surface area contributed by atoms with Gasteiger partial charge in [0.05, 0.1) is 66.6 Å². The number of carbonyl (C=O) groups excluding carboxylic acids is 3. The third-order valence-corrected chi connectivity index (χ3v) is 17.7. The number of hydrogen-bond acceptors (Lipinski definition) is 15. The molecule has 0 heterocycles. The van der Waals surface area contributed by atoms with Gasteiger partial charge in [0.2, 0.25) is 5.91 Å². The molecule has 0 aliphatic heterocycles. The molecule has 3 aromatic carbocycles. The number of aryl methyl sites for hydroxylation is 2. The molecule has 0 saturated heterocycles. The summed E-state index contributed by atoms with van der Waals surface area (Å²) in [6.45, 7) is 9.60. The van der Waals surface area contributed by atoms with Gasteiger partial charge in [-0.2, -0.15) is 13.2 Å². The number of allylic oxidation sites excluding steroid dienone is 6. The van der Waals surface area contributed by atoms with Crippen molar-refractivity contribution in [1.82, 2.24) is 5.32 Å². The zero-order valence-electron chi connectivity index (χ0n) is 57.0. The Bertz CT molecular complexity index is 2780. The summed E-state index contributed by atoms with van der Waals surface area (Å²) < 4.78 is 53.9. The molecular weight excluding hydrogens is 1240 g/mol. The van der Waals surface area contributed by atoms with Crippen LogP contribution in [0.25, 0.3) is 0 Å². The second kappa shape index (κ2) is 45.6. The van der Waals surface area contributed by atoms with Crippen LogP contribution in [0, 0.1) is 35.5 Å². The first kappa shape index (κ1) is 82.4. The Morgan fingerprint density at radius 1 is 0.542 bits per heavy atom. The molecule has 19 heteroatoms. The van der Waals surface area contributed by atoms with Crippen LogP contribution in [-0.2, 0) is 42.9 Å². The van der Waals surface area contributed by atoms with Crippen molar-refractivity contribution in [2.24, 2.45) is 35.5 Å². The van der Waals surface area contributed by atoms with Crippen molar-refractivity contribution in [3.05, 3.63) is 162 Å². The number of amides is 1. The highest BCUT2D eigenvalue weighted by molar-refractivity contribution is 5.75. The summed E-state index contributed by atoms with van der Waals surface area (Å²) in [6, 6.07) is 24.6. The molecule has 3 saturated carbocycles. The van der Waals surface area contributed by atoms with Gasteiger partial charge in [-0.15, -0.1) is 0 Å². The molecule has 15 atom stereocenters. The fraction of sp³-hybridized carbons (Fsp3) is 0.597. The van der Waals surface area contributed by atoms with Crippen molar-refractivity contribution in [2.75, 3.05) is 13.2 Å². The highest BCUT2D eigenvalue weighted by Gasteiger charge is 2.42. The van der Waals surface area contributed by atoms with Crippen LogP contribution in [0.1, 0.15) is 173 Å². The summed E-state index contributed by atoms with van der Waals surface area (Å²) in [5.41, 5.74) is 1.57. The Labute approximate surface area is 568 Å². The van der Waals surface area contributed by atoms with Gasteiger partial charge in [0.25, 0.3) is 0 Å². The molecule has 1 amide bonds. The second-order valence-corrected chi connectivity index (χ2v) is 26.3. The van der Waals surface area contributed by atoms with Crippen LogP contribution < -0.4 is 10.1 Å². The molecule has 16 nitrogen and oxygen atoms in total. The molecule has 0 aromatic heterocycles. The monoisotopic (exact) mass is 1350 g/mol. The maximum Gasteiger partial charge on any atom is 0.416 e. The summed E-state index contributed by atoms with van der Waals surface area (Å²) >= 11 is 0. The number of unbranched alkanes of at least 4 members (excludes halogenated alkanes) is 3. The lowest BCUT2D eigenvalue weighted by molar-refractivity contribution is -0.148. The molecule has 0 unspecified atom stereocenters. The number of aliphatic hydroxyl groups is 9. The lowest BCUT2D eigenvalue weighted by atomic mass is 9.85. The highest BCUT2D eigenvalue weighted by Crippen LogP contribution is 2.40. The minimum Gasteiger partial charge on any atom is -0.491 e. The predicted molar refractivity (Wildman–Crippen MR) is 367 cm³/mol. The number of hydrogen-bond donors (Lipinski definition) is 10. The van der Waals surface area contributed by atoms with Gasteiger partial charge in [0.1, 0.15) is 18.5 Å². The van der Waals surface area contributed by atoms with E-state index in [1.165, 1.54) is 29.3 Å². The molecule has 3 aliphatic rings. The summed E-state index contributed by atoms with van der Waals surface area (Å²) in [4.78, 5) is 34.5. The maximum atomic E-state index is 12.8. The third kappa shape index (κ3) is 33.0. The van der Waals surface area contributed by atoms with Gasteiger partial charge >= 0.3 is 18.1 Å². The lowest BCUT2D eigenvalue weighted by Gasteiger charge is -2.23. The van der Waals surface area contributed by atoms with Crippen LogP contribution in [0.4, 0.5) is 13.2 Å². The number of aliphatic hydroxyl groups excluding tert-OH is 9. The van der Waals surface area contributed by atoms with E-state index < -0.39 is 66.7 Å². The fourth-order valence-corrected chi connectivity index (χ4v) is 12.5. The summed E-state index contributed by atoms with van der Waals surface area (Å²) in [5.74, 6) is -1.17. The van der Waals surface area contributed by atoms with E-state index in [9.17, 15) is 73.5 Å². The number of rotatable bonds is 37. The minimum absolute atomic E-state index is 0.00652. The van der Waals surface area contributed by atoms with Gasteiger partial charge in [-0.05, 0) is 190 Å². The summed E-state index contributed by atoms with van der Waals surface area (Å²) in [5, 5.41) is 95.8. The first-order valence-electron chi connectivity index (χ1n) is 34.8. The number of ether oxygens (including phenoxy) is 3. The third-order valence-electron chi connectivity index (χ3n) is 17.7. The number of benzene rings is 3. The topological polar surface area (TPSA) is 273 Å². The molecule has 0 bridgehead atoms. The van der Waals surface area contributed by atoms with E-state index in [1.54, 1.807) is 26.0 Å². The van der Waals surface area contributed by atoms with E-state index in [4.69, 9.17) is 14.2 Å². The van der Waals surface area contributed by atoms with E-state index in [0.717, 1.165) is 50.7 Å². The fourth-order valence-electron chi connectivity index (χ4n) is 12.5. The van der Waals surface area contributed by atoms with Gasteiger partial charge in [-0.25, -0.2) is 0 Å². The van der Waals surface area contributed by atoms with Crippen LogP contribution in [-0.4, -0.2) is 144 Å². The Morgan fingerprint density at radius 3 is 1.48 bits per heavy atom. The average molecular weight is 1350 g/mol. The van der Waals surface area contributed by atoms with Crippen LogP contribution in [0.15, 0.2) is 146 Å². The number of carbonyl (C=O) groups is 3. The quantitative estimate of drug-likeness (QED) is 0.0146. The van der Waals surface area contributed by atoms with Crippen molar-refractivity contribution in [3.63, 3.8) is 0 Å². The first-order valence-corrected chi connectivity index (χ1v) is 34.8. The van der Waals surface area contributed by atoms with Crippen LogP contribution >= 0.6 is 0 Å². The summed E-state index contributed by atoms with van der Waals surface area (Å²) in [6.07, 6.45) is 21.3. The molecule has 3 fully saturated rings. The molecule has 3 aliphatic carbocycles. The van der Waals surface area contributed by atoms with Crippen molar-refractivity contribution in [2.45, 2.75) is 243 Å². The van der Waals surface area contributed by atoms with E-state index in [0.29, 0.717) is 96.4 Å². The van der Waals surface area contributed by atoms with Gasteiger partial charge in [0, 0.05) is 50.5 Å². The van der Waals surface area contributed by atoms with E-state index in [-0.39, 0.29) is 84.3 Å². The van der Waals surface area contributed by atoms with Gasteiger partial charge < -0.3 is 65.5 Å². The minimum atomic E-state index is -4.49. The van der Waals surface area contributed by atoms with E-state index >= 15 is 0 Å². The average Bonchev–Trinajstić information content (AvgIpc) is 1.68. The van der Waals surface area contributed by atoms with Crippen LogP contribution in [0.2, 0.25) is 0 Å². The Hall–Kier alpha value is -6.00. The molecule has 0 spiro atoms. The number of esters is 2. The lowest BCUT2D eigenvalue weighted by Crippen LogP contribution is -2.23. The van der Waals surface area contributed by atoms with Crippen LogP contribution in [0.3, 0.4) is 0 Å². The van der Waals surface area contributed by atoms with Crippen molar-refractivity contribution in [1.29, 1.82) is 0 Å². The van der Waals surface area contributed by atoms with E-state index in [2.05, 4.69) is 23.5 Å². The highest BCUT2D eigenvalue weighted by atomic mass is 19.4. The van der Waals surface area contributed by atoms with Gasteiger partial charge in [0.15, 0.2) is 0 Å². The Morgan fingerprint density at radius 2 is 0.990 bits per heavy atom. The zero-order chi connectivity index (χ0) is 70.4. The normalized spacial score (nSPS) is 24.6. The molecule has 6 rings (SSSR count). The Kier molecular flexibility index (Phi) is 39.1. The van der Waals surface area contributed by atoms with Crippen molar-refractivity contribution in [3.8, 4) is 5.75 Å². The van der Waals surface area contributed by atoms with Gasteiger partial charge in [-0.1, -0.05) is 127 Å². The first-order chi connectivity index (χ1) is 45.8. The number of alkyl halides is 3. The standard InChI is InChI=1S/C26H35F3O6.C26H40O5.C25H37NO4/c1-17(2)35-25(33)11-6-4-3-5-10-21-22(24(32)15-23(21)31)13-12-19(30)16-34-20-9-7-8-18(14-20)26(27,28)29;1-19(2)31-26(30)13-9-4-3-8-12-22-23(25(29)18-24(22)28)17-16-21(27)15-14-20-10-6-5-7-11-20;1-2-26-25(30)13-9-4-3-8-12-21-22(24(29)18-23(21)28)17-16-20(27)15-14-19-10-6-5-7-11-19/h3,5,7-9,12-14,17,19,21-24,30-32H,4,6,10-11,15-16H2,1-2H3;3,5-8,10-11,19,21-25,27-29H,4,9,12-18H2,1-2H3;3,5-8,10-11,16-17,20-24,27-29H,2,4,9,12-15,18H2,1H3,(H,26,30)/b5-3-,13-12+;8-3-;8-3-,17-16+/t19-,21-,22-,23+,24-;21-,22+,23+,24-,25+;20-,21+,22+,23-,24+/m100/s1. The Balaban J connectivity index is 0.000000307. The van der Waals surface area contributed by atoms with Crippen molar-refractivity contribution >= 4 is 17.8 Å². The molecule has 96 heavy (non-hydrogen) atoms. The predicted octanol–water partition coefficient (Wildman–Crippen LogP) is 11.8. The summed E-state index contributed by atoms with van der Waals surface area (Å²) in [7, 11) is 0.